The van der Waals surface area contributed by atoms with Crippen LogP contribution in [-0.4, -0.2) is 28.2 Å². The molecule has 0 saturated heterocycles. The first kappa shape index (κ1) is 14.8. The van der Waals surface area contributed by atoms with Crippen LogP contribution in [0.4, 0.5) is 5.69 Å². The molecule has 94 valence electrons. The van der Waals surface area contributed by atoms with E-state index >= 15 is 0 Å². The minimum absolute atomic E-state index is 0.592. The summed E-state index contributed by atoms with van der Waals surface area (Å²) in [5, 5.41) is 6.75. The molecule has 3 nitrogen and oxygen atoms in total. The predicted octanol–water partition coefficient (Wildman–Crippen LogP) is 2.50. The topological polar surface area (TPSA) is 47.1 Å². The number of hydrogen-bond acceptors (Lipinski definition) is 2. The summed E-state index contributed by atoms with van der Waals surface area (Å²) in [6.45, 7) is 0.738. The van der Waals surface area contributed by atoms with Crippen molar-refractivity contribution in [3.63, 3.8) is 0 Å². The van der Waals surface area contributed by atoms with Crippen LogP contribution in [0.25, 0.3) is 0 Å². The fourth-order valence-electron chi connectivity index (χ4n) is 1.19. The minimum Gasteiger partial charge on any atom is -0.617 e. The van der Waals surface area contributed by atoms with Crippen LogP contribution >= 0.6 is 28.1 Å². The maximum absolute atomic E-state index is 10.8. The average molecular weight is 335 g/mol. The monoisotopic (exact) mass is 334 g/mol. The zero-order chi connectivity index (χ0) is 12.7. The van der Waals surface area contributed by atoms with Gasteiger partial charge in [-0.25, -0.2) is 0 Å². The minimum atomic E-state index is -0.730. The van der Waals surface area contributed by atoms with Crippen LogP contribution in [-0.2, 0) is 11.2 Å². The van der Waals surface area contributed by atoms with Crippen LogP contribution in [0, 0.1) is 0 Å². The molecule has 0 aromatic heterocycles. The van der Waals surface area contributed by atoms with Gasteiger partial charge in [0.05, 0.1) is 6.26 Å². The Morgan fingerprint density at radius 2 is 2.06 bits per heavy atom. The largest absolute Gasteiger partial charge is 0.617 e. The second-order valence-electron chi connectivity index (χ2n) is 3.52. The molecule has 0 saturated carbocycles. The molecule has 0 aliphatic carbocycles. The molecule has 0 radical (unpaired) electrons. The highest BCUT2D eigenvalue weighted by Crippen LogP contribution is 2.13. The van der Waals surface area contributed by atoms with E-state index in [-0.39, 0.29) is 0 Å². The highest BCUT2D eigenvalue weighted by atomic mass is 79.9. The molecule has 0 aliphatic rings. The van der Waals surface area contributed by atoms with E-state index in [0.29, 0.717) is 10.9 Å². The zero-order valence-corrected chi connectivity index (χ0v) is 12.8. The fraction of sp³-hybridized carbons (Fsp3) is 0.364. The van der Waals surface area contributed by atoms with Gasteiger partial charge >= 0.3 is 0 Å². The van der Waals surface area contributed by atoms with E-state index in [9.17, 15) is 4.55 Å². The third-order valence-electron chi connectivity index (χ3n) is 2.00. The Morgan fingerprint density at radius 1 is 1.41 bits per heavy atom. The number of halogens is 1. The van der Waals surface area contributed by atoms with E-state index in [0.717, 1.165) is 23.1 Å². The molecule has 1 rings (SSSR count). The van der Waals surface area contributed by atoms with E-state index in [1.165, 1.54) is 0 Å². The summed E-state index contributed by atoms with van der Waals surface area (Å²) in [5.74, 6) is 0.702. The molecule has 0 bridgehead atoms. The van der Waals surface area contributed by atoms with Crippen LogP contribution in [0.5, 0.6) is 0 Å². The SMILES string of the molecule is C[S+]([O-])CCCNC(=S)Nc1ccc(Br)cc1. The van der Waals surface area contributed by atoms with Crippen molar-refractivity contribution in [2.45, 2.75) is 6.42 Å². The Hall–Kier alpha value is -0.300. The highest BCUT2D eigenvalue weighted by molar-refractivity contribution is 9.10. The lowest BCUT2D eigenvalue weighted by atomic mass is 10.3. The van der Waals surface area contributed by atoms with Gasteiger partial charge in [0.2, 0.25) is 0 Å². The maximum atomic E-state index is 10.8. The van der Waals surface area contributed by atoms with Gasteiger partial charge in [0.1, 0.15) is 5.75 Å². The second kappa shape index (κ2) is 7.92. The van der Waals surface area contributed by atoms with Crippen LogP contribution in [0.2, 0.25) is 0 Å². The smallest absolute Gasteiger partial charge is 0.170 e. The number of nitrogens with one attached hydrogen (secondary N) is 2. The molecule has 0 fully saturated rings. The standard InChI is InChI=1S/C11H15BrN2OS2/c1-17(15)8-2-7-13-11(16)14-10-5-3-9(12)4-6-10/h3-6H,2,7-8H2,1H3,(H2,13,14,16). The van der Waals surface area contributed by atoms with Crippen molar-refractivity contribution in [3.05, 3.63) is 28.7 Å². The van der Waals surface area contributed by atoms with Gasteiger partial charge in [-0.05, 0) is 36.5 Å². The van der Waals surface area contributed by atoms with Crippen LogP contribution in [0.15, 0.2) is 28.7 Å². The molecule has 0 amide bonds. The first-order valence-electron chi connectivity index (χ1n) is 5.18. The van der Waals surface area contributed by atoms with Gasteiger partial charge in [-0.2, -0.15) is 0 Å². The van der Waals surface area contributed by atoms with Gasteiger partial charge in [0.25, 0.3) is 0 Å². The summed E-state index contributed by atoms with van der Waals surface area (Å²) >= 11 is 7.78. The predicted molar refractivity (Wildman–Crippen MR) is 81.9 cm³/mol. The van der Waals surface area contributed by atoms with Crippen molar-refractivity contribution in [1.29, 1.82) is 0 Å². The fourth-order valence-corrected chi connectivity index (χ4v) is 2.22. The molecule has 0 aliphatic heterocycles. The number of thiocarbonyl (C=S) groups is 1. The molecule has 0 heterocycles. The summed E-state index contributed by atoms with van der Waals surface area (Å²) in [5.41, 5.74) is 0.949. The van der Waals surface area contributed by atoms with Gasteiger partial charge in [0.15, 0.2) is 5.11 Å². The second-order valence-corrected chi connectivity index (χ2v) is 6.40. The average Bonchev–Trinajstić information content (AvgIpc) is 2.27. The van der Waals surface area contributed by atoms with Crippen molar-refractivity contribution in [2.75, 3.05) is 23.9 Å². The maximum Gasteiger partial charge on any atom is 0.170 e. The quantitative estimate of drug-likeness (QED) is 0.493. The Kier molecular flexibility index (Phi) is 6.87. The number of rotatable bonds is 5. The molecule has 6 heteroatoms. The Bertz CT molecular complexity index is 357. The third kappa shape index (κ3) is 6.88. The number of benzene rings is 1. The van der Waals surface area contributed by atoms with Crippen molar-refractivity contribution in [1.82, 2.24) is 5.32 Å². The molecule has 1 aromatic carbocycles. The van der Waals surface area contributed by atoms with Crippen molar-refractivity contribution < 1.29 is 4.55 Å². The van der Waals surface area contributed by atoms with Crippen LogP contribution in [0.3, 0.4) is 0 Å². The van der Waals surface area contributed by atoms with Gasteiger partial charge in [0, 0.05) is 23.1 Å². The van der Waals surface area contributed by atoms with E-state index < -0.39 is 11.2 Å². The van der Waals surface area contributed by atoms with E-state index in [2.05, 4.69) is 26.6 Å². The van der Waals surface area contributed by atoms with Crippen molar-refractivity contribution in [3.8, 4) is 0 Å². The lowest BCUT2D eigenvalue weighted by Crippen LogP contribution is -2.30. The van der Waals surface area contributed by atoms with Gasteiger partial charge in [-0.3, -0.25) is 0 Å². The van der Waals surface area contributed by atoms with Crippen LogP contribution in [0.1, 0.15) is 6.42 Å². The molecule has 1 aromatic rings. The first-order valence-corrected chi connectivity index (χ1v) is 8.11. The van der Waals surface area contributed by atoms with Crippen LogP contribution < -0.4 is 10.6 Å². The summed E-state index contributed by atoms with van der Waals surface area (Å²) in [6.07, 6.45) is 2.56. The van der Waals surface area contributed by atoms with Crippen molar-refractivity contribution in [2.24, 2.45) is 0 Å². The summed E-state index contributed by atoms with van der Waals surface area (Å²) in [4.78, 5) is 0. The van der Waals surface area contributed by atoms with Gasteiger partial charge in [-0.15, -0.1) is 0 Å². The van der Waals surface area contributed by atoms with Gasteiger partial charge in [-0.1, -0.05) is 27.1 Å². The normalized spacial score (nSPS) is 11.9. The highest BCUT2D eigenvalue weighted by Gasteiger charge is 1.99. The Morgan fingerprint density at radius 3 is 2.65 bits per heavy atom. The molecule has 0 spiro atoms. The summed E-state index contributed by atoms with van der Waals surface area (Å²) in [6, 6.07) is 7.79. The Balaban J connectivity index is 2.23. The summed E-state index contributed by atoms with van der Waals surface area (Å²) < 4.78 is 11.9. The number of hydrogen-bond donors (Lipinski definition) is 2. The van der Waals surface area contributed by atoms with Crippen molar-refractivity contribution >= 4 is 50.1 Å². The number of anilines is 1. The molecule has 1 atom stereocenters. The molecule has 17 heavy (non-hydrogen) atoms. The molecular formula is C11H15BrN2OS2. The van der Waals surface area contributed by atoms with E-state index in [1.807, 2.05) is 24.3 Å². The lowest BCUT2D eigenvalue weighted by molar-refractivity contribution is 0.597. The van der Waals surface area contributed by atoms with E-state index in [1.54, 1.807) is 6.26 Å². The Labute approximate surface area is 119 Å². The first-order chi connectivity index (χ1) is 8.08. The van der Waals surface area contributed by atoms with Gasteiger partial charge < -0.3 is 15.2 Å². The summed E-state index contributed by atoms with van der Waals surface area (Å²) in [7, 11) is 0. The van der Waals surface area contributed by atoms with E-state index in [4.69, 9.17) is 12.2 Å². The molecular weight excluding hydrogens is 320 g/mol. The third-order valence-corrected chi connectivity index (χ3v) is 3.63. The molecule has 1 unspecified atom stereocenters. The zero-order valence-electron chi connectivity index (χ0n) is 9.53. The lowest BCUT2D eigenvalue weighted by Gasteiger charge is -2.10. The molecule has 2 N–H and O–H groups in total.